The maximum Gasteiger partial charge on any atom is 0.338 e. The van der Waals surface area contributed by atoms with E-state index in [-0.39, 0.29) is 24.5 Å². The maximum atomic E-state index is 12.2. The largest absolute Gasteiger partial charge is 0.508 e. The Hall–Kier alpha value is -4.69. The van der Waals surface area contributed by atoms with Crippen LogP contribution in [-0.2, 0) is 16.9 Å². The summed E-state index contributed by atoms with van der Waals surface area (Å²) in [5.41, 5.74) is 2.92. The molecule has 0 amide bonds. The number of rotatable bonds is 5. The standard InChI is InChI=1S/C31H26O8/c1-2-36-30(35)18-8-11-21(12-9-18)31(20-6-4-3-5-7-20)38-26-13-10-19(14-28(26)39-31)29-25(34)17-23-24(33)15-22(32)16-27(23)37-29/h3-16,25,29,32-34H,2,17H2,1H3/t25-,29+,31?/m0/s1. The first-order chi connectivity index (χ1) is 18.9. The number of hydrogen-bond acceptors (Lipinski definition) is 8. The van der Waals surface area contributed by atoms with Gasteiger partial charge in [0.05, 0.1) is 18.3 Å². The minimum absolute atomic E-state index is 0.130. The van der Waals surface area contributed by atoms with E-state index in [1.54, 1.807) is 49.4 Å². The first kappa shape index (κ1) is 24.6. The summed E-state index contributed by atoms with van der Waals surface area (Å²) in [7, 11) is 0. The smallest absolute Gasteiger partial charge is 0.338 e. The van der Waals surface area contributed by atoms with Gasteiger partial charge in [0.1, 0.15) is 23.4 Å². The van der Waals surface area contributed by atoms with E-state index in [9.17, 15) is 20.1 Å². The highest BCUT2D eigenvalue weighted by Crippen LogP contribution is 2.50. The van der Waals surface area contributed by atoms with Gasteiger partial charge in [-0.1, -0.05) is 36.4 Å². The Bertz CT molecular complexity index is 1530. The zero-order valence-electron chi connectivity index (χ0n) is 21.0. The average molecular weight is 527 g/mol. The molecule has 198 valence electrons. The van der Waals surface area contributed by atoms with Crippen LogP contribution < -0.4 is 14.2 Å². The van der Waals surface area contributed by atoms with Crippen molar-refractivity contribution < 1.29 is 39.1 Å². The molecule has 1 unspecified atom stereocenters. The number of aliphatic hydroxyl groups is 1. The van der Waals surface area contributed by atoms with Crippen LogP contribution in [0.25, 0.3) is 0 Å². The molecular formula is C31H26O8. The average Bonchev–Trinajstić information content (AvgIpc) is 3.34. The molecule has 2 aliphatic heterocycles. The highest BCUT2D eigenvalue weighted by atomic mass is 16.7. The third kappa shape index (κ3) is 4.28. The molecule has 3 atom stereocenters. The first-order valence-corrected chi connectivity index (χ1v) is 12.6. The normalized spacial score (nSPS) is 21.1. The summed E-state index contributed by atoms with van der Waals surface area (Å²) >= 11 is 0. The van der Waals surface area contributed by atoms with Crippen molar-refractivity contribution in [2.45, 2.75) is 31.3 Å². The fourth-order valence-corrected chi connectivity index (χ4v) is 5.04. The Balaban J connectivity index is 1.35. The predicted molar refractivity (Wildman–Crippen MR) is 140 cm³/mol. The highest BCUT2D eigenvalue weighted by molar-refractivity contribution is 5.89. The zero-order valence-corrected chi connectivity index (χ0v) is 21.0. The molecule has 2 aliphatic rings. The second-order valence-corrected chi connectivity index (χ2v) is 9.44. The van der Waals surface area contributed by atoms with E-state index in [4.69, 9.17) is 18.9 Å². The van der Waals surface area contributed by atoms with E-state index < -0.39 is 24.0 Å². The summed E-state index contributed by atoms with van der Waals surface area (Å²) in [5.74, 6) is -0.729. The molecule has 4 aromatic carbocycles. The van der Waals surface area contributed by atoms with E-state index >= 15 is 0 Å². The third-order valence-electron chi connectivity index (χ3n) is 6.92. The number of fused-ring (bicyclic) bond motifs is 2. The SMILES string of the molecule is CCOC(=O)c1ccc(C2(c3ccccc3)Oc3ccc([C@H]4Oc5cc(O)cc(O)c5C[C@@H]4O)cc3O2)cc1. The Morgan fingerprint density at radius 1 is 0.897 bits per heavy atom. The summed E-state index contributed by atoms with van der Waals surface area (Å²) in [6, 6.07) is 24.3. The Kier molecular flexibility index (Phi) is 6.04. The molecule has 4 aromatic rings. The summed E-state index contributed by atoms with van der Waals surface area (Å²) in [5, 5.41) is 30.9. The minimum atomic E-state index is -1.31. The van der Waals surface area contributed by atoms with Crippen LogP contribution in [0.2, 0.25) is 0 Å². The molecule has 8 nitrogen and oxygen atoms in total. The van der Waals surface area contributed by atoms with Gasteiger partial charge in [-0.2, -0.15) is 0 Å². The van der Waals surface area contributed by atoms with Crippen LogP contribution in [0, 0.1) is 0 Å². The molecule has 0 aliphatic carbocycles. The lowest BCUT2D eigenvalue weighted by atomic mass is 9.94. The predicted octanol–water partition coefficient (Wildman–Crippen LogP) is 4.98. The Morgan fingerprint density at radius 2 is 1.62 bits per heavy atom. The monoisotopic (exact) mass is 526 g/mol. The van der Waals surface area contributed by atoms with Crippen LogP contribution in [0.4, 0.5) is 0 Å². The van der Waals surface area contributed by atoms with Crippen molar-refractivity contribution in [3.05, 3.63) is 113 Å². The number of phenols is 2. The van der Waals surface area contributed by atoms with Crippen LogP contribution in [0.5, 0.6) is 28.7 Å². The van der Waals surface area contributed by atoms with Crippen molar-refractivity contribution in [2.24, 2.45) is 0 Å². The Labute approximate surface area is 224 Å². The van der Waals surface area contributed by atoms with Crippen LogP contribution in [0.15, 0.2) is 84.9 Å². The van der Waals surface area contributed by atoms with E-state index in [0.717, 1.165) is 5.56 Å². The molecule has 39 heavy (non-hydrogen) atoms. The number of carbonyl (C=O) groups excluding carboxylic acids is 1. The summed E-state index contributed by atoms with van der Waals surface area (Å²) < 4.78 is 24.1. The molecule has 0 saturated carbocycles. The second-order valence-electron chi connectivity index (χ2n) is 9.44. The van der Waals surface area contributed by atoms with Crippen molar-refractivity contribution in [3.63, 3.8) is 0 Å². The molecule has 0 bridgehead atoms. The molecule has 0 fully saturated rings. The van der Waals surface area contributed by atoms with Gasteiger partial charge in [-0.3, -0.25) is 0 Å². The number of hydrogen-bond donors (Lipinski definition) is 3. The van der Waals surface area contributed by atoms with Gasteiger partial charge in [-0.25, -0.2) is 4.79 Å². The second kappa shape index (κ2) is 9.56. The quantitative estimate of drug-likeness (QED) is 0.312. The zero-order chi connectivity index (χ0) is 27.1. The number of phenolic OH excluding ortho intramolecular Hbond substituents is 2. The van der Waals surface area contributed by atoms with Gasteiger partial charge in [0.15, 0.2) is 11.5 Å². The summed E-state index contributed by atoms with van der Waals surface area (Å²) in [6.45, 7) is 2.04. The van der Waals surface area contributed by atoms with E-state index in [1.165, 1.54) is 12.1 Å². The lowest BCUT2D eigenvalue weighted by Gasteiger charge is -2.31. The fraction of sp³-hybridized carbons (Fsp3) is 0.194. The van der Waals surface area contributed by atoms with Crippen LogP contribution in [0.1, 0.15) is 45.6 Å². The van der Waals surface area contributed by atoms with Gasteiger partial charge in [-0.15, -0.1) is 0 Å². The van der Waals surface area contributed by atoms with Gasteiger partial charge in [0.25, 0.3) is 0 Å². The molecular weight excluding hydrogens is 500 g/mol. The molecule has 2 heterocycles. The molecule has 3 N–H and O–H groups in total. The molecule has 0 radical (unpaired) electrons. The number of ether oxygens (including phenoxy) is 4. The maximum absolute atomic E-state index is 12.2. The van der Waals surface area contributed by atoms with Gasteiger partial charge < -0.3 is 34.3 Å². The van der Waals surface area contributed by atoms with Crippen LogP contribution in [-0.4, -0.2) is 34.0 Å². The number of benzene rings is 4. The van der Waals surface area contributed by atoms with E-state index in [1.807, 2.05) is 30.3 Å². The van der Waals surface area contributed by atoms with Crippen molar-refractivity contribution in [1.82, 2.24) is 0 Å². The number of aromatic hydroxyl groups is 2. The van der Waals surface area contributed by atoms with Gasteiger partial charge in [0, 0.05) is 35.2 Å². The van der Waals surface area contributed by atoms with Gasteiger partial charge >= 0.3 is 11.8 Å². The minimum Gasteiger partial charge on any atom is -0.508 e. The van der Waals surface area contributed by atoms with Crippen molar-refractivity contribution in [3.8, 4) is 28.7 Å². The molecule has 6 rings (SSSR count). The number of aliphatic hydroxyl groups excluding tert-OH is 1. The fourth-order valence-electron chi connectivity index (χ4n) is 5.04. The lowest BCUT2D eigenvalue weighted by Crippen LogP contribution is -2.36. The highest BCUT2D eigenvalue weighted by Gasteiger charge is 2.46. The molecule has 0 aromatic heterocycles. The van der Waals surface area contributed by atoms with E-state index in [0.29, 0.717) is 39.5 Å². The summed E-state index contributed by atoms with van der Waals surface area (Å²) in [6.07, 6.45) is -1.55. The third-order valence-corrected chi connectivity index (χ3v) is 6.92. The first-order valence-electron chi connectivity index (χ1n) is 12.6. The number of carbonyl (C=O) groups is 1. The van der Waals surface area contributed by atoms with Crippen molar-refractivity contribution in [1.29, 1.82) is 0 Å². The van der Waals surface area contributed by atoms with Crippen LogP contribution >= 0.6 is 0 Å². The molecule has 8 heteroatoms. The topological polar surface area (TPSA) is 115 Å². The van der Waals surface area contributed by atoms with Gasteiger partial charge in [-0.05, 0) is 48.9 Å². The van der Waals surface area contributed by atoms with Gasteiger partial charge in [0.2, 0.25) is 0 Å². The number of esters is 1. The molecule has 0 spiro atoms. The summed E-state index contributed by atoms with van der Waals surface area (Å²) in [4.78, 5) is 12.2. The van der Waals surface area contributed by atoms with Crippen molar-refractivity contribution >= 4 is 5.97 Å². The lowest BCUT2D eigenvalue weighted by molar-refractivity contribution is -0.0460. The van der Waals surface area contributed by atoms with Crippen LogP contribution in [0.3, 0.4) is 0 Å². The molecule has 0 saturated heterocycles. The van der Waals surface area contributed by atoms with E-state index in [2.05, 4.69) is 0 Å². The Morgan fingerprint density at radius 3 is 2.36 bits per heavy atom. The van der Waals surface area contributed by atoms with Crippen molar-refractivity contribution in [2.75, 3.05) is 6.61 Å².